The lowest BCUT2D eigenvalue weighted by Gasteiger charge is -2.33. The highest BCUT2D eigenvalue weighted by Gasteiger charge is 2.21. The molecule has 1 aromatic heterocycles. The zero-order valence-electron chi connectivity index (χ0n) is 15.8. The number of pyridine rings is 1. The van der Waals surface area contributed by atoms with Gasteiger partial charge in [0, 0.05) is 58.6 Å². The lowest BCUT2D eigenvalue weighted by Crippen LogP contribution is -2.49. The van der Waals surface area contributed by atoms with Crippen molar-refractivity contribution in [1.82, 2.24) is 20.5 Å². The van der Waals surface area contributed by atoms with E-state index in [1.807, 2.05) is 31.1 Å². The predicted octanol–water partition coefficient (Wildman–Crippen LogP) is 1.30. The van der Waals surface area contributed by atoms with E-state index in [2.05, 4.69) is 34.4 Å². The summed E-state index contributed by atoms with van der Waals surface area (Å²) in [6.45, 7) is 9.03. The highest BCUT2D eigenvalue weighted by atomic mass is 16.5. The van der Waals surface area contributed by atoms with Crippen LogP contribution in [0.1, 0.15) is 19.4 Å². The predicted molar refractivity (Wildman–Crippen MR) is 99.8 cm³/mol. The van der Waals surface area contributed by atoms with Crippen LogP contribution >= 0.6 is 0 Å². The third-order valence-corrected chi connectivity index (χ3v) is 4.07. The Morgan fingerprint density at radius 3 is 2.96 bits per heavy atom. The van der Waals surface area contributed by atoms with E-state index in [1.54, 1.807) is 6.20 Å². The average Bonchev–Trinajstić information content (AvgIpc) is 2.58. The number of carbonyl (C=O) groups excluding carboxylic acids is 1. The number of rotatable bonds is 7. The highest BCUT2D eigenvalue weighted by Crippen LogP contribution is 2.13. The fraction of sp³-hybridized carbons (Fsp3) is 0.667. The van der Waals surface area contributed by atoms with E-state index < -0.39 is 0 Å². The van der Waals surface area contributed by atoms with Crippen molar-refractivity contribution in [1.29, 1.82) is 0 Å². The van der Waals surface area contributed by atoms with Crippen LogP contribution in [-0.4, -0.2) is 68.9 Å². The third-order valence-electron chi connectivity index (χ3n) is 4.07. The van der Waals surface area contributed by atoms with E-state index in [-0.39, 0.29) is 12.1 Å². The van der Waals surface area contributed by atoms with E-state index in [0.717, 1.165) is 37.6 Å². The van der Waals surface area contributed by atoms with Crippen molar-refractivity contribution < 1.29 is 9.53 Å². The number of urea groups is 1. The molecule has 1 atom stereocenters. The summed E-state index contributed by atoms with van der Waals surface area (Å²) in [5, 5.41) is 5.80. The second-order valence-electron chi connectivity index (χ2n) is 7.09. The Bertz CT molecular complexity index is 550. The molecular weight excluding hydrogens is 318 g/mol. The van der Waals surface area contributed by atoms with E-state index in [1.165, 1.54) is 0 Å². The van der Waals surface area contributed by atoms with Crippen molar-refractivity contribution in [3.63, 3.8) is 0 Å². The zero-order chi connectivity index (χ0) is 18.2. The normalized spacial score (nSPS) is 18.2. The van der Waals surface area contributed by atoms with Crippen LogP contribution in [0, 0.1) is 5.92 Å². The van der Waals surface area contributed by atoms with Crippen LogP contribution in [0.5, 0.6) is 0 Å². The number of hydrogen-bond acceptors (Lipinski definition) is 5. The Labute approximate surface area is 150 Å². The van der Waals surface area contributed by atoms with Gasteiger partial charge in [0.15, 0.2) is 0 Å². The van der Waals surface area contributed by atoms with Crippen LogP contribution in [0.4, 0.5) is 10.6 Å². The molecule has 0 spiro atoms. The summed E-state index contributed by atoms with van der Waals surface area (Å²) >= 11 is 0. The molecule has 0 bridgehead atoms. The lowest BCUT2D eigenvalue weighted by atomic mass is 10.2. The average molecular weight is 349 g/mol. The molecule has 0 unspecified atom stereocenters. The highest BCUT2D eigenvalue weighted by molar-refractivity contribution is 5.74. The topological polar surface area (TPSA) is 69.7 Å². The molecule has 2 rings (SSSR count). The number of nitrogens with one attached hydrogen (secondary N) is 2. The van der Waals surface area contributed by atoms with Gasteiger partial charge in [-0.1, -0.05) is 19.9 Å². The van der Waals surface area contributed by atoms with Crippen molar-refractivity contribution in [2.45, 2.75) is 26.5 Å². The molecule has 0 saturated carbocycles. The van der Waals surface area contributed by atoms with Gasteiger partial charge in [0.25, 0.3) is 0 Å². The molecule has 7 heteroatoms. The van der Waals surface area contributed by atoms with E-state index in [9.17, 15) is 4.79 Å². The molecule has 1 fully saturated rings. The second-order valence-corrected chi connectivity index (χ2v) is 7.09. The SMILES string of the molecule is CC(C)CN1CCO[C@@H](CNC(=O)NCc2cccnc2N(C)C)C1. The number of carbonyl (C=O) groups is 1. The summed E-state index contributed by atoms with van der Waals surface area (Å²) in [7, 11) is 3.88. The summed E-state index contributed by atoms with van der Waals surface area (Å²) in [5.74, 6) is 1.50. The van der Waals surface area contributed by atoms with Gasteiger partial charge in [-0.3, -0.25) is 4.90 Å². The molecule has 0 aliphatic carbocycles. The lowest BCUT2D eigenvalue weighted by molar-refractivity contribution is -0.0290. The molecule has 1 saturated heterocycles. The van der Waals surface area contributed by atoms with Crippen molar-refractivity contribution in [2.24, 2.45) is 5.92 Å². The third kappa shape index (κ3) is 6.51. The Hall–Kier alpha value is -1.86. The van der Waals surface area contributed by atoms with Crippen LogP contribution in [-0.2, 0) is 11.3 Å². The standard InChI is InChI=1S/C18H31N5O2/c1-14(2)12-23-8-9-25-16(13-23)11-21-18(24)20-10-15-6-5-7-19-17(15)22(3)4/h5-7,14,16H,8-13H2,1-4H3,(H2,20,21,24)/t16-/m0/s1. The van der Waals surface area contributed by atoms with Crippen LogP contribution in [0.25, 0.3) is 0 Å². The van der Waals surface area contributed by atoms with Crippen LogP contribution < -0.4 is 15.5 Å². The van der Waals surface area contributed by atoms with Gasteiger partial charge >= 0.3 is 6.03 Å². The molecule has 0 aromatic carbocycles. The van der Waals surface area contributed by atoms with E-state index in [4.69, 9.17) is 4.74 Å². The molecule has 25 heavy (non-hydrogen) atoms. The van der Waals surface area contributed by atoms with Gasteiger partial charge in [-0.15, -0.1) is 0 Å². The molecule has 1 aliphatic heterocycles. The number of amides is 2. The van der Waals surface area contributed by atoms with E-state index >= 15 is 0 Å². The van der Waals surface area contributed by atoms with Gasteiger partial charge in [0.05, 0.1) is 12.7 Å². The number of anilines is 1. The van der Waals surface area contributed by atoms with Gasteiger partial charge in [-0.25, -0.2) is 9.78 Å². The minimum absolute atomic E-state index is 0.0500. The number of ether oxygens (including phenoxy) is 1. The smallest absolute Gasteiger partial charge is 0.315 e. The van der Waals surface area contributed by atoms with Crippen LogP contribution in [0.2, 0.25) is 0 Å². The first-order valence-corrected chi connectivity index (χ1v) is 8.92. The first kappa shape index (κ1) is 19.5. The number of aromatic nitrogens is 1. The monoisotopic (exact) mass is 349 g/mol. The minimum Gasteiger partial charge on any atom is -0.374 e. The van der Waals surface area contributed by atoms with Gasteiger partial charge in [-0.05, 0) is 12.0 Å². The second kappa shape index (κ2) is 9.58. The van der Waals surface area contributed by atoms with Crippen molar-refractivity contribution in [2.75, 3.05) is 51.8 Å². The van der Waals surface area contributed by atoms with Crippen LogP contribution in [0.3, 0.4) is 0 Å². The Kier molecular flexibility index (Phi) is 7.46. The molecule has 140 valence electrons. The molecule has 2 amide bonds. The maximum atomic E-state index is 12.1. The maximum Gasteiger partial charge on any atom is 0.315 e. The van der Waals surface area contributed by atoms with Gasteiger partial charge in [0.1, 0.15) is 5.82 Å². The number of morpholine rings is 1. The Balaban J connectivity index is 1.74. The molecule has 0 radical (unpaired) electrons. The summed E-state index contributed by atoms with van der Waals surface area (Å²) in [4.78, 5) is 20.7. The number of hydrogen-bond donors (Lipinski definition) is 2. The summed E-state index contributed by atoms with van der Waals surface area (Å²) < 4.78 is 5.75. The molecule has 2 N–H and O–H groups in total. The quantitative estimate of drug-likeness (QED) is 0.777. The van der Waals surface area contributed by atoms with Crippen molar-refractivity contribution in [3.8, 4) is 0 Å². The molecule has 7 nitrogen and oxygen atoms in total. The van der Waals surface area contributed by atoms with Crippen molar-refractivity contribution in [3.05, 3.63) is 23.9 Å². The largest absolute Gasteiger partial charge is 0.374 e. The zero-order valence-corrected chi connectivity index (χ0v) is 15.8. The molecule has 2 heterocycles. The first-order chi connectivity index (χ1) is 12.0. The summed E-state index contributed by atoms with van der Waals surface area (Å²) in [5.41, 5.74) is 0.986. The van der Waals surface area contributed by atoms with Crippen molar-refractivity contribution >= 4 is 11.8 Å². The summed E-state index contributed by atoms with van der Waals surface area (Å²) in [6, 6.07) is 3.66. The Morgan fingerprint density at radius 1 is 1.44 bits per heavy atom. The number of nitrogens with zero attached hydrogens (tertiary/aromatic N) is 3. The Morgan fingerprint density at radius 2 is 2.24 bits per heavy atom. The molecular formula is C18H31N5O2. The maximum absolute atomic E-state index is 12.1. The van der Waals surface area contributed by atoms with E-state index in [0.29, 0.717) is 19.0 Å². The fourth-order valence-electron chi connectivity index (χ4n) is 3.00. The fourth-order valence-corrected chi connectivity index (χ4v) is 3.00. The van der Waals surface area contributed by atoms with Gasteiger partial charge in [-0.2, -0.15) is 0 Å². The molecule has 1 aromatic rings. The van der Waals surface area contributed by atoms with Gasteiger partial charge in [0.2, 0.25) is 0 Å². The van der Waals surface area contributed by atoms with Gasteiger partial charge < -0.3 is 20.3 Å². The van der Waals surface area contributed by atoms with Crippen LogP contribution in [0.15, 0.2) is 18.3 Å². The minimum atomic E-state index is -0.182. The summed E-state index contributed by atoms with van der Waals surface area (Å²) in [6.07, 6.45) is 1.80. The molecule has 1 aliphatic rings. The first-order valence-electron chi connectivity index (χ1n) is 8.92.